The summed E-state index contributed by atoms with van der Waals surface area (Å²) in [7, 11) is 0. The fourth-order valence-corrected chi connectivity index (χ4v) is 4.24. The quantitative estimate of drug-likeness (QED) is 0.863. The number of rotatable bonds is 3. The summed E-state index contributed by atoms with van der Waals surface area (Å²) in [5, 5.41) is 12.8. The Bertz CT molecular complexity index is 772. The summed E-state index contributed by atoms with van der Waals surface area (Å²) >= 11 is 1.49. The first-order chi connectivity index (χ1) is 11.6. The molecule has 2 fully saturated rings. The average molecular weight is 346 g/mol. The third-order valence-electron chi connectivity index (χ3n) is 4.99. The summed E-state index contributed by atoms with van der Waals surface area (Å²) < 4.78 is 5.60. The van der Waals surface area contributed by atoms with Crippen molar-refractivity contribution in [3.8, 4) is 10.8 Å². The molecule has 4 rings (SSSR count). The summed E-state index contributed by atoms with van der Waals surface area (Å²) in [6.07, 6.45) is 3.69. The second-order valence-corrected chi connectivity index (χ2v) is 7.37. The second-order valence-electron chi connectivity index (χ2n) is 6.42. The lowest BCUT2D eigenvalue weighted by Gasteiger charge is -2.36. The van der Waals surface area contributed by atoms with Crippen molar-refractivity contribution >= 4 is 23.3 Å². The van der Waals surface area contributed by atoms with Gasteiger partial charge in [0.2, 0.25) is 5.89 Å². The molecule has 2 atom stereocenters. The van der Waals surface area contributed by atoms with E-state index in [1.54, 1.807) is 0 Å². The molecule has 1 N–H and O–H groups in total. The average Bonchev–Trinajstić information content (AvgIpc) is 3.28. The minimum atomic E-state index is -0.758. The number of hydrogen-bond acceptors (Lipinski definition) is 6. The molecule has 0 aromatic carbocycles. The summed E-state index contributed by atoms with van der Waals surface area (Å²) in [4.78, 5) is 27.3. The standard InChI is InChI=1S/C16H18N4O3S/c1-10-5-2-3-7-16(10)14(21)20(15(22)17-16)9-12-18-19-13(23-12)11-6-4-8-24-11/h4,6,8,10H,2-3,5,7,9H2,1H3,(H,17,22)/t10-,16+/m1/s1. The molecule has 1 saturated heterocycles. The van der Waals surface area contributed by atoms with Crippen LogP contribution in [0.25, 0.3) is 10.8 Å². The Morgan fingerprint density at radius 2 is 2.29 bits per heavy atom. The first kappa shape index (κ1) is 15.3. The highest BCUT2D eigenvalue weighted by Crippen LogP contribution is 2.38. The van der Waals surface area contributed by atoms with Gasteiger partial charge in [-0.25, -0.2) is 4.79 Å². The van der Waals surface area contributed by atoms with E-state index in [1.807, 2.05) is 24.4 Å². The maximum atomic E-state index is 12.9. The van der Waals surface area contributed by atoms with Crippen LogP contribution in [0.5, 0.6) is 0 Å². The highest BCUT2D eigenvalue weighted by molar-refractivity contribution is 7.13. The van der Waals surface area contributed by atoms with E-state index < -0.39 is 5.54 Å². The molecular formula is C16H18N4O3S. The number of nitrogens with zero attached hydrogens (tertiary/aromatic N) is 3. The zero-order chi connectivity index (χ0) is 16.7. The number of carbonyl (C=O) groups is 2. The van der Waals surface area contributed by atoms with E-state index in [0.29, 0.717) is 12.3 Å². The molecule has 126 valence electrons. The molecular weight excluding hydrogens is 328 g/mol. The first-order valence-electron chi connectivity index (χ1n) is 8.10. The van der Waals surface area contributed by atoms with Gasteiger partial charge in [-0.2, -0.15) is 0 Å². The van der Waals surface area contributed by atoms with Gasteiger partial charge in [0.1, 0.15) is 12.1 Å². The van der Waals surface area contributed by atoms with Gasteiger partial charge in [0.05, 0.1) is 4.88 Å². The number of nitrogens with one attached hydrogen (secondary N) is 1. The molecule has 2 aliphatic rings. The van der Waals surface area contributed by atoms with Crippen LogP contribution < -0.4 is 5.32 Å². The van der Waals surface area contributed by atoms with Gasteiger partial charge in [0.25, 0.3) is 11.8 Å². The fraction of sp³-hybridized carbons (Fsp3) is 0.500. The summed E-state index contributed by atoms with van der Waals surface area (Å²) in [6.45, 7) is 2.04. The van der Waals surface area contributed by atoms with Crippen LogP contribution in [0.3, 0.4) is 0 Å². The maximum Gasteiger partial charge on any atom is 0.325 e. The molecule has 2 aromatic heterocycles. The lowest BCUT2D eigenvalue weighted by atomic mass is 9.73. The molecule has 0 unspecified atom stereocenters. The number of aromatic nitrogens is 2. The van der Waals surface area contributed by atoms with Crippen LogP contribution in [-0.2, 0) is 11.3 Å². The highest BCUT2D eigenvalue weighted by Gasteiger charge is 2.55. The minimum Gasteiger partial charge on any atom is -0.418 e. The van der Waals surface area contributed by atoms with Crippen molar-refractivity contribution in [2.75, 3.05) is 0 Å². The molecule has 2 aromatic rings. The Hall–Kier alpha value is -2.22. The van der Waals surface area contributed by atoms with E-state index >= 15 is 0 Å². The largest absolute Gasteiger partial charge is 0.418 e. The molecule has 24 heavy (non-hydrogen) atoms. The van der Waals surface area contributed by atoms with Crippen LogP contribution in [0.4, 0.5) is 4.79 Å². The molecule has 0 radical (unpaired) electrons. The molecule has 7 nitrogen and oxygen atoms in total. The number of urea groups is 1. The Morgan fingerprint density at radius 3 is 3.04 bits per heavy atom. The Balaban J connectivity index is 1.55. The van der Waals surface area contributed by atoms with E-state index in [-0.39, 0.29) is 30.3 Å². The smallest absolute Gasteiger partial charge is 0.325 e. The van der Waals surface area contributed by atoms with E-state index in [0.717, 1.165) is 24.1 Å². The van der Waals surface area contributed by atoms with Crippen LogP contribution in [0.1, 0.15) is 38.5 Å². The van der Waals surface area contributed by atoms with Gasteiger partial charge in [-0.1, -0.05) is 25.8 Å². The predicted octanol–water partition coefficient (Wildman–Crippen LogP) is 2.80. The molecule has 1 spiro atoms. The number of thiophene rings is 1. The third-order valence-corrected chi connectivity index (χ3v) is 5.85. The topological polar surface area (TPSA) is 88.3 Å². The van der Waals surface area contributed by atoms with Crippen molar-refractivity contribution in [1.82, 2.24) is 20.4 Å². The lowest BCUT2D eigenvalue weighted by molar-refractivity contribution is -0.134. The van der Waals surface area contributed by atoms with Crippen molar-refractivity contribution in [3.05, 3.63) is 23.4 Å². The van der Waals surface area contributed by atoms with Crippen LogP contribution in [0.2, 0.25) is 0 Å². The van der Waals surface area contributed by atoms with Crippen LogP contribution in [0.15, 0.2) is 21.9 Å². The van der Waals surface area contributed by atoms with Gasteiger partial charge in [0, 0.05) is 0 Å². The summed E-state index contributed by atoms with van der Waals surface area (Å²) in [6, 6.07) is 3.41. The SMILES string of the molecule is C[C@@H]1CCCC[C@]12NC(=O)N(Cc1nnc(-c3cccs3)o1)C2=O. The van der Waals surface area contributed by atoms with Crippen molar-refractivity contribution in [2.45, 2.75) is 44.7 Å². The molecule has 3 heterocycles. The minimum absolute atomic E-state index is 0.0114. The van der Waals surface area contributed by atoms with Crippen LogP contribution in [-0.4, -0.2) is 32.6 Å². The lowest BCUT2D eigenvalue weighted by Crippen LogP contribution is -2.53. The molecule has 1 saturated carbocycles. The number of imide groups is 1. The van der Waals surface area contributed by atoms with E-state index in [1.165, 1.54) is 16.2 Å². The Morgan fingerprint density at radius 1 is 1.42 bits per heavy atom. The van der Waals surface area contributed by atoms with Crippen molar-refractivity contribution in [3.63, 3.8) is 0 Å². The van der Waals surface area contributed by atoms with Crippen LogP contribution >= 0.6 is 11.3 Å². The normalized spacial score (nSPS) is 27.0. The summed E-state index contributed by atoms with van der Waals surface area (Å²) in [5.41, 5.74) is -0.758. The van der Waals surface area contributed by atoms with E-state index in [4.69, 9.17) is 4.42 Å². The van der Waals surface area contributed by atoms with Crippen molar-refractivity contribution in [1.29, 1.82) is 0 Å². The van der Waals surface area contributed by atoms with Gasteiger partial charge in [0.15, 0.2) is 0 Å². The zero-order valence-corrected chi connectivity index (χ0v) is 14.1. The third kappa shape index (κ3) is 2.32. The fourth-order valence-electron chi connectivity index (χ4n) is 3.59. The first-order valence-corrected chi connectivity index (χ1v) is 8.98. The Labute approximate surface area is 143 Å². The van der Waals surface area contributed by atoms with Gasteiger partial charge in [-0.15, -0.1) is 21.5 Å². The van der Waals surface area contributed by atoms with Crippen molar-refractivity contribution in [2.24, 2.45) is 5.92 Å². The second kappa shape index (κ2) is 5.70. The van der Waals surface area contributed by atoms with E-state index in [2.05, 4.69) is 15.5 Å². The van der Waals surface area contributed by atoms with Crippen LogP contribution in [0, 0.1) is 5.92 Å². The van der Waals surface area contributed by atoms with E-state index in [9.17, 15) is 9.59 Å². The Kier molecular flexibility index (Phi) is 3.64. The monoisotopic (exact) mass is 346 g/mol. The van der Waals surface area contributed by atoms with Gasteiger partial charge >= 0.3 is 6.03 Å². The van der Waals surface area contributed by atoms with Crippen molar-refractivity contribution < 1.29 is 14.0 Å². The highest BCUT2D eigenvalue weighted by atomic mass is 32.1. The van der Waals surface area contributed by atoms with Gasteiger partial charge < -0.3 is 9.73 Å². The number of amides is 3. The van der Waals surface area contributed by atoms with Gasteiger partial charge in [-0.3, -0.25) is 9.69 Å². The number of carbonyl (C=O) groups excluding carboxylic acids is 2. The maximum absolute atomic E-state index is 12.9. The molecule has 3 amide bonds. The molecule has 0 bridgehead atoms. The molecule has 1 aliphatic heterocycles. The molecule has 8 heteroatoms. The summed E-state index contributed by atoms with van der Waals surface area (Å²) in [5.74, 6) is 0.642. The zero-order valence-electron chi connectivity index (χ0n) is 13.3. The predicted molar refractivity (Wildman–Crippen MR) is 87.1 cm³/mol. The number of hydrogen-bond donors (Lipinski definition) is 1. The molecule has 1 aliphatic carbocycles. The van der Waals surface area contributed by atoms with Gasteiger partial charge in [-0.05, 0) is 30.2 Å².